The van der Waals surface area contributed by atoms with E-state index in [1.165, 1.54) is 12.4 Å². The van der Waals surface area contributed by atoms with Gasteiger partial charge in [0.05, 0.1) is 31.1 Å². The van der Waals surface area contributed by atoms with Gasteiger partial charge in [-0.3, -0.25) is 4.90 Å². The molecular formula is C22H29BN8O3. The summed E-state index contributed by atoms with van der Waals surface area (Å²) >= 11 is 0. The largest absolute Gasteiger partial charge is 0.462 e. The molecule has 5 heterocycles. The van der Waals surface area contributed by atoms with Crippen molar-refractivity contribution in [3.05, 3.63) is 36.0 Å². The standard InChI is InChI=1S/C22H29BN8O3/c1-2-34-21(32)16-11-24-22(25-12-16)30-5-3-28(4-6-30)13-17-14-31-15-18(23)27-20(19(31)26-17)29-7-9-33-10-8-29/h11-12,14-15H,2-10,13,23H2,1H3. The van der Waals surface area contributed by atoms with Crippen LogP contribution in [-0.2, 0) is 16.0 Å². The van der Waals surface area contributed by atoms with Crippen LogP contribution in [0.25, 0.3) is 5.65 Å². The zero-order valence-electron chi connectivity index (χ0n) is 19.7. The van der Waals surface area contributed by atoms with Gasteiger partial charge in [0.15, 0.2) is 19.3 Å². The minimum atomic E-state index is -0.395. The van der Waals surface area contributed by atoms with Crippen molar-refractivity contribution < 1.29 is 14.3 Å². The lowest BCUT2D eigenvalue weighted by molar-refractivity contribution is 0.0525. The number of nitrogens with zero attached hydrogens (tertiary/aromatic N) is 8. The zero-order valence-corrected chi connectivity index (χ0v) is 19.7. The molecule has 3 aromatic heterocycles. The Kier molecular flexibility index (Phi) is 6.59. The summed E-state index contributed by atoms with van der Waals surface area (Å²) in [6.45, 7) is 9.37. The molecule has 0 saturated carbocycles. The number of morpholine rings is 1. The van der Waals surface area contributed by atoms with Gasteiger partial charge in [0.25, 0.3) is 0 Å². The Labute approximate surface area is 199 Å². The maximum atomic E-state index is 11.8. The van der Waals surface area contributed by atoms with Crippen LogP contribution in [0.2, 0.25) is 0 Å². The van der Waals surface area contributed by atoms with E-state index in [2.05, 4.69) is 35.3 Å². The van der Waals surface area contributed by atoms with E-state index in [9.17, 15) is 4.79 Å². The van der Waals surface area contributed by atoms with Crippen molar-refractivity contribution in [1.29, 1.82) is 0 Å². The second kappa shape index (κ2) is 9.94. The van der Waals surface area contributed by atoms with E-state index in [1.807, 2.05) is 14.0 Å². The highest BCUT2D eigenvalue weighted by molar-refractivity contribution is 6.30. The Morgan fingerprint density at radius 3 is 2.47 bits per heavy atom. The molecule has 0 bridgehead atoms. The van der Waals surface area contributed by atoms with Gasteiger partial charge in [-0.15, -0.1) is 0 Å². The second-order valence-corrected chi connectivity index (χ2v) is 8.52. The van der Waals surface area contributed by atoms with Crippen molar-refractivity contribution >= 4 is 36.8 Å². The molecule has 0 N–H and O–H groups in total. The minimum absolute atomic E-state index is 0.333. The third kappa shape index (κ3) is 4.83. The number of ether oxygens (including phenoxy) is 2. The van der Waals surface area contributed by atoms with E-state index < -0.39 is 5.97 Å². The average molecular weight is 464 g/mol. The highest BCUT2D eigenvalue weighted by Crippen LogP contribution is 2.20. The van der Waals surface area contributed by atoms with Crippen molar-refractivity contribution in [3.8, 4) is 0 Å². The molecule has 0 amide bonds. The average Bonchev–Trinajstić information content (AvgIpc) is 3.27. The Morgan fingerprint density at radius 2 is 1.76 bits per heavy atom. The van der Waals surface area contributed by atoms with Crippen LogP contribution in [0, 0.1) is 0 Å². The van der Waals surface area contributed by atoms with Gasteiger partial charge in [-0.05, 0) is 6.92 Å². The summed E-state index contributed by atoms with van der Waals surface area (Å²) in [5.74, 6) is 1.17. The molecule has 0 unspecified atom stereocenters. The SMILES string of the molecule is Bc1cn2cc(CN3CCN(c4ncc(C(=O)OCC)cn4)CC3)nc2c(N2CCOCC2)n1. The molecule has 0 radical (unpaired) electrons. The normalized spacial score (nSPS) is 17.3. The summed E-state index contributed by atoms with van der Waals surface area (Å²) in [6.07, 6.45) is 7.21. The maximum absolute atomic E-state index is 11.8. The Hall–Kier alpha value is -3.25. The number of hydrogen-bond acceptors (Lipinski definition) is 10. The second-order valence-electron chi connectivity index (χ2n) is 8.52. The molecule has 2 saturated heterocycles. The van der Waals surface area contributed by atoms with Gasteiger partial charge in [-0.2, -0.15) is 0 Å². The van der Waals surface area contributed by atoms with Gasteiger partial charge in [0, 0.05) is 76.2 Å². The smallest absolute Gasteiger partial charge is 0.341 e. The molecule has 178 valence electrons. The summed E-state index contributed by atoms with van der Waals surface area (Å²) < 4.78 is 12.6. The van der Waals surface area contributed by atoms with Crippen molar-refractivity contribution in [3.63, 3.8) is 0 Å². The number of aromatic nitrogens is 5. The molecule has 0 aliphatic carbocycles. The van der Waals surface area contributed by atoms with Crippen LogP contribution in [0.15, 0.2) is 24.8 Å². The van der Waals surface area contributed by atoms with Crippen LogP contribution in [0.4, 0.5) is 11.8 Å². The van der Waals surface area contributed by atoms with Crippen molar-refractivity contribution in [2.75, 3.05) is 68.9 Å². The maximum Gasteiger partial charge on any atom is 0.341 e. The Bertz CT molecular complexity index is 1140. The van der Waals surface area contributed by atoms with Gasteiger partial charge in [-0.1, -0.05) is 0 Å². The molecule has 0 spiro atoms. The van der Waals surface area contributed by atoms with Crippen molar-refractivity contribution in [1.82, 2.24) is 29.2 Å². The highest BCUT2D eigenvalue weighted by Gasteiger charge is 2.22. The quantitative estimate of drug-likeness (QED) is 0.338. The van der Waals surface area contributed by atoms with Gasteiger partial charge in [0.1, 0.15) is 0 Å². The summed E-state index contributed by atoms with van der Waals surface area (Å²) in [6, 6.07) is 0. The van der Waals surface area contributed by atoms with Crippen molar-refractivity contribution in [2.24, 2.45) is 0 Å². The van der Waals surface area contributed by atoms with Crippen LogP contribution in [0.1, 0.15) is 23.0 Å². The van der Waals surface area contributed by atoms with Gasteiger partial charge >= 0.3 is 5.97 Å². The lowest BCUT2D eigenvalue weighted by Crippen LogP contribution is -2.46. The number of piperazine rings is 1. The Balaban J connectivity index is 1.22. The van der Waals surface area contributed by atoms with Crippen LogP contribution >= 0.6 is 0 Å². The van der Waals surface area contributed by atoms with Gasteiger partial charge in [-0.25, -0.2) is 24.7 Å². The van der Waals surface area contributed by atoms with Crippen LogP contribution in [0.3, 0.4) is 0 Å². The number of carbonyl (C=O) groups excluding carboxylic acids is 1. The molecular weight excluding hydrogens is 435 g/mol. The molecule has 3 aromatic rings. The van der Waals surface area contributed by atoms with Crippen molar-refractivity contribution in [2.45, 2.75) is 13.5 Å². The molecule has 12 heteroatoms. The fourth-order valence-corrected chi connectivity index (χ4v) is 4.36. The third-order valence-electron chi connectivity index (χ3n) is 6.09. The first-order valence-corrected chi connectivity index (χ1v) is 11.7. The predicted molar refractivity (Wildman–Crippen MR) is 130 cm³/mol. The topological polar surface area (TPSA) is 101 Å². The minimum Gasteiger partial charge on any atom is -0.462 e. The predicted octanol–water partition coefficient (Wildman–Crippen LogP) is -0.887. The number of anilines is 2. The molecule has 2 aliphatic rings. The van der Waals surface area contributed by atoms with Crippen LogP contribution in [-0.4, -0.2) is 102 Å². The molecule has 0 aromatic carbocycles. The first-order chi connectivity index (χ1) is 16.6. The first-order valence-electron chi connectivity index (χ1n) is 11.7. The first kappa shape index (κ1) is 22.5. The van der Waals surface area contributed by atoms with E-state index in [0.29, 0.717) is 18.1 Å². The fourth-order valence-electron chi connectivity index (χ4n) is 4.36. The molecule has 34 heavy (non-hydrogen) atoms. The van der Waals surface area contributed by atoms with Crippen LogP contribution in [0.5, 0.6) is 0 Å². The molecule has 5 rings (SSSR count). The van der Waals surface area contributed by atoms with Gasteiger partial charge in [0.2, 0.25) is 5.95 Å². The summed E-state index contributed by atoms with van der Waals surface area (Å²) in [5.41, 5.74) is 3.28. The Morgan fingerprint density at radius 1 is 1.03 bits per heavy atom. The van der Waals surface area contributed by atoms with E-state index in [4.69, 9.17) is 19.4 Å². The van der Waals surface area contributed by atoms with E-state index in [0.717, 1.165) is 81.8 Å². The summed E-state index contributed by atoms with van der Waals surface area (Å²) in [5, 5.41) is 0. The van der Waals surface area contributed by atoms with E-state index >= 15 is 0 Å². The highest BCUT2D eigenvalue weighted by atomic mass is 16.5. The number of hydrogen-bond donors (Lipinski definition) is 0. The third-order valence-corrected chi connectivity index (χ3v) is 6.09. The summed E-state index contributed by atoms with van der Waals surface area (Å²) in [7, 11) is 2.02. The molecule has 2 fully saturated rings. The number of carbonyl (C=O) groups is 1. The molecule has 2 aliphatic heterocycles. The monoisotopic (exact) mass is 464 g/mol. The van der Waals surface area contributed by atoms with Gasteiger partial charge < -0.3 is 23.7 Å². The van der Waals surface area contributed by atoms with E-state index in [-0.39, 0.29) is 0 Å². The van der Waals surface area contributed by atoms with Crippen LogP contribution < -0.4 is 15.4 Å². The number of rotatable bonds is 6. The van der Waals surface area contributed by atoms with E-state index in [1.54, 1.807) is 6.92 Å². The zero-order chi connectivity index (χ0) is 23.5. The lowest BCUT2D eigenvalue weighted by atomic mass is 10.1. The molecule has 11 nitrogen and oxygen atoms in total. The molecule has 0 atom stereocenters. The number of esters is 1. The lowest BCUT2D eigenvalue weighted by Gasteiger charge is -2.34. The number of imidazole rings is 1. The number of fused-ring (bicyclic) bond motifs is 1. The fraction of sp³-hybridized carbons (Fsp3) is 0.500. The summed E-state index contributed by atoms with van der Waals surface area (Å²) in [4.78, 5) is 37.0.